The molecule has 1 aliphatic carbocycles. The van der Waals surface area contributed by atoms with Crippen LogP contribution in [0.1, 0.15) is 55.9 Å². The van der Waals surface area contributed by atoms with Gasteiger partial charge in [0.2, 0.25) is 0 Å². The van der Waals surface area contributed by atoms with E-state index in [1.807, 2.05) is 11.3 Å². The van der Waals surface area contributed by atoms with Crippen molar-refractivity contribution in [2.75, 3.05) is 6.61 Å². The minimum absolute atomic E-state index is 0.0849. The zero-order chi connectivity index (χ0) is 11.7. The first-order valence-corrected chi connectivity index (χ1v) is 7.89. The van der Waals surface area contributed by atoms with Gasteiger partial charge in [-0.15, -0.1) is 11.3 Å². The lowest BCUT2D eigenvalue weighted by atomic mass is 9.78. The van der Waals surface area contributed by atoms with Gasteiger partial charge in [0, 0.05) is 4.88 Å². The molecule has 0 N–H and O–H groups in total. The highest BCUT2D eigenvalue weighted by Gasteiger charge is 2.40. The van der Waals surface area contributed by atoms with Crippen molar-refractivity contribution in [2.24, 2.45) is 5.92 Å². The largest absolute Gasteiger partial charge is 0.369 e. The van der Waals surface area contributed by atoms with Crippen LogP contribution in [-0.2, 0) is 16.8 Å². The Kier molecular flexibility index (Phi) is 3.27. The van der Waals surface area contributed by atoms with E-state index < -0.39 is 0 Å². The molecule has 1 aromatic heterocycles. The Labute approximate surface area is 108 Å². The van der Waals surface area contributed by atoms with Crippen LogP contribution < -0.4 is 0 Å². The van der Waals surface area contributed by atoms with E-state index in [2.05, 4.69) is 18.4 Å². The molecule has 0 amide bonds. The van der Waals surface area contributed by atoms with Gasteiger partial charge < -0.3 is 4.74 Å². The minimum atomic E-state index is 0.0849. The third-order valence-electron chi connectivity index (χ3n) is 4.37. The summed E-state index contributed by atoms with van der Waals surface area (Å²) < 4.78 is 6.31. The summed E-state index contributed by atoms with van der Waals surface area (Å²) in [6.45, 7) is 3.33. The fourth-order valence-corrected chi connectivity index (χ4v) is 4.69. The topological polar surface area (TPSA) is 9.23 Å². The maximum absolute atomic E-state index is 6.31. The summed E-state index contributed by atoms with van der Waals surface area (Å²) in [6.07, 6.45) is 9.11. The second-order valence-electron chi connectivity index (χ2n) is 5.78. The number of rotatable bonds is 0. The van der Waals surface area contributed by atoms with Crippen LogP contribution in [0.4, 0.5) is 0 Å². The molecule has 2 heterocycles. The van der Waals surface area contributed by atoms with Gasteiger partial charge in [-0.2, -0.15) is 0 Å². The molecule has 1 spiro atoms. The molecule has 2 heteroatoms. The third kappa shape index (κ3) is 2.17. The van der Waals surface area contributed by atoms with Gasteiger partial charge in [-0.25, -0.2) is 0 Å². The number of thiophene rings is 1. The SMILES string of the molecule is CC1CCCCCC2(C1)OCCc1ccsc12. The average molecular weight is 250 g/mol. The van der Waals surface area contributed by atoms with Crippen LogP contribution in [0.3, 0.4) is 0 Å². The van der Waals surface area contributed by atoms with Crippen molar-refractivity contribution in [1.82, 2.24) is 0 Å². The van der Waals surface area contributed by atoms with Crippen molar-refractivity contribution in [1.29, 1.82) is 0 Å². The number of fused-ring (bicyclic) bond motifs is 2. The minimum Gasteiger partial charge on any atom is -0.369 e. The molecule has 1 nitrogen and oxygen atoms in total. The Morgan fingerprint density at radius 2 is 2.29 bits per heavy atom. The fraction of sp³-hybridized carbons (Fsp3) is 0.733. The lowest BCUT2D eigenvalue weighted by Gasteiger charge is -2.40. The maximum Gasteiger partial charge on any atom is 0.103 e. The van der Waals surface area contributed by atoms with Gasteiger partial charge in [-0.1, -0.05) is 32.6 Å². The van der Waals surface area contributed by atoms with Gasteiger partial charge in [0.15, 0.2) is 0 Å². The quantitative estimate of drug-likeness (QED) is 0.658. The Hall–Kier alpha value is -0.340. The highest BCUT2D eigenvalue weighted by atomic mass is 32.1. The van der Waals surface area contributed by atoms with Crippen LogP contribution in [0, 0.1) is 5.92 Å². The van der Waals surface area contributed by atoms with E-state index in [1.54, 1.807) is 10.4 Å². The first kappa shape index (κ1) is 11.7. The average Bonchev–Trinajstić information content (AvgIpc) is 2.75. The van der Waals surface area contributed by atoms with Gasteiger partial charge in [0.1, 0.15) is 5.60 Å². The highest BCUT2D eigenvalue weighted by molar-refractivity contribution is 7.10. The highest BCUT2D eigenvalue weighted by Crippen LogP contribution is 2.46. The molecule has 2 aliphatic rings. The van der Waals surface area contributed by atoms with E-state index in [0.717, 1.165) is 18.9 Å². The predicted octanol–water partition coefficient (Wildman–Crippen LogP) is 4.51. The molecule has 0 saturated heterocycles. The standard InChI is InChI=1S/C15H22OS/c1-12-5-3-2-4-8-15(11-12)14-13(6-9-16-15)7-10-17-14/h7,10,12H,2-6,8-9,11H2,1H3. The lowest BCUT2D eigenvalue weighted by Crippen LogP contribution is -2.36. The van der Waals surface area contributed by atoms with Crippen LogP contribution in [0.5, 0.6) is 0 Å². The summed E-state index contributed by atoms with van der Waals surface area (Å²) >= 11 is 1.92. The van der Waals surface area contributed by atoms with Gasteiger partial charge in [0.25, 0.3) is 0 Å². The molecule has 3 rings (SSSR count). The molecule has 0 bridgehead atoms. The van der Waals surface area contributed by atoms with Crippen molar-refractivity contribution in [3.63, 3.8) is 0 Å². The van der Waals surface area contributed by atoms with Crippen LogP contribution in [-0.4, -0.2) is 6.61 Å². The van der Waals surface area contributed by atoms with E-state index in [1.165, 1.54) is 38.5 Å². The van der Waals surface area contributed by atoms with Crippen LogP contribution in [0.2, 0.25) is 0 Å². The Balaban J connectivity index is 1.93. The Morgan fingerprint density at radius 1 is 1.35 bits per heavy atom. The smallest absolute Gasteiger partial charge is 0.103 e. The van der Waals surface area contributed by atoms with Gasteiger partial charge in [-0.05, 0) is 42.2 Å². The van der Waals surface area contributed by atoms with E-state index in [-0.39, 0.29) is 5.60 Å². The third-order valence-corrected chi connectivity index (χ3v) is 5.51. The van der Waals surface area contributed by atoms with Gasteiger partial charge >= 0.3 is 0 Å². The van der Waals surface area contributed by atoms with E-state index in [0.29, 0.717) is 0 Å². The monoisotopic (exact) mass is 250 g/mol. The van der Waals surface area contributed by atoms with Crippen molar-refractivity contribution < 1.29 is 4.74 Å². The van der Waals surface area contributed by atoms with Crippen molar-refractivity contribution in [2.45, 2.75) is 57.5 Å². The Bertz CT molecular complexity index is 384. The summed E-state index contributed by atoms with van der Waals surface area (Å²) in [5.41, 5.74) is 1.65. The molecular formula is C15H22OS. The molecule has 1 saturated carbocycles. The summed E-state index contributed by atoms with van der Waals surface area (Å²) in [5, 5.41) is 2.25. The first-order valence-electron chi connectivity index (χ1n) is 7.01. The van der Waals surface area contributed by atoms with E-state index >= 15 is 0 Å². The van der Waals surface area contributed by atoms with Crippen molar-refractivity contribution in [3.8, 4) is 0 Å². The van der Waals surface area contributed by atoms with E-state index in [9.17, 15) is 0 Å². The van der Waals surface area contributed by atoms with Crippen molar-refractivity contribution in [3.05, 3.63) is 21.9 Å². The number of hydrogen-bond acceptors (Lipinski definition) is 2. The number of hydrogen-bond donors (Lipinski definition) is 0. The summed E-state index contributed by atoms with van der Waals surface area (Å²) in [5.74, 6) is 0.809. The molecule has 2 atom stereocenters. The van der Waals surface area contributed by atoms with Crippen LogP contribution in [0.25, 0.3) is 0 Å². The van der Waals surface area contributed by atoms with Gasteiger partial charge in [0.05, 0.1) is 6.61 Å². The predicted molar refractivity (Wildman–Crippen MR) is 72.5 cm³/mol. The number of ether oxygens (including phenoxy) is 1. The molecule has 0 radical (unpaired) electrons. The molecule has 94 valence electrons. The molecule has 1 aromatic rings. The maximum atomic E-state index is 6.31. The molecule has 1 aliphatic heterocycles. The second-order valence-corrected chi connectivity index (χ2v) is 6.69. The fourth-order valence-electron chi connectivity index (χ4n) is 3.54. The van der Waals surface area contributed by atoms with Crippen LogP contribution in [0.15, 0.2) is 11.4 Å². The molecule has 0 aromatic carbocycles. The molecule has 2 unspecified atom stereocenters. The first-order chi connectivity index (χ1) is 8.30. The normalized spacial score (nSPS) is 34.1. The molecule has 17 heavy (non-hydrogen) atoms. The van der Waals surface area contributed by atoms with Gasteiger partial charge in [-0.3, -0.25) is 0 Å². The van der Waals surface area contributed by atoms with E-state index in [4.69, 9.17) is 4.74 Å². The van der Waals surface area contributed by atoms with Crippen molar-refractivity contribution >= 4 is 11.3 Å². The Morgan fingerprint density at radius 3 is 3.24 bits per heavy atom. The zero-order valence-electron chi connectivity index (χ0n) is 10.7. The summed E-state index contributed by atoms with van der Waals surface area (Å²) in [7, 11) is 0. The summed E-state index contributed by atoms with van der Waals surface area (Å²) in [4.78, 5) is 1.55. The molecule has 1 fully saturated rings. The lowest BCUT2D eigenvalue weighted by molar-refractivity contribution is -0.0831. The second kappa shape index (κ2) is 4.74. The summed E-state index contributed by atoms with van der Waals surface area (Å²) in [6, 6.07) is 2.31. The zero-order valence-corrected chi connectivity index (χ0v) is 11.5. The molecular weight excluding hydrogens is 228 g/mol. The van der Waals surface area contributed by atoms with Crippen LogP contribution >= 0.6 is 11.3 Å².